The molecule has 0 amide bonds. The molecule has 21 heavy (non-hydrogen) atoms. The van der Waals surface area contributed by atoms with E-state index in [2.05, 4.69) is 62.5 Å². The average molecular weight is 283 g/mol. The topological polar surface area (TPSA) is 21.3 Å². The van der Waals surface area contributed by atoms with Crippen molar-refractivity contribution in [2.24, 2.45) is 0 Å². The van der Waals surface area contributed by atoms with Gasteiger partial charge in [0.15, 0.2) is 0 Å². The maximum Gasteiger partial charge on any atom is 0.119 e. The van der Waals surface area contributed by atoms with Crippen LogP contribution in [0.3, 0.4) is 0 Å². The molecule has 2 nitrogen and oxygen atoms in total. The molecule has 0 aliphatic heterocycles. The molecular formula is C19H25NO. The van der Waals surface area contributed by atoms with Crippen LogP contribution in [0.4, 0.5) is 0 Å². The largest absolute Gasteiger partial charge is 0.494 e. The first kappa shape index (κ1) is 15.6. The molecule has 2 aromatic rings. The monoisotopic (exact) mass is 283 g/mol. The lowest BCUT2D eigenvalue weighted by Crippen LogP contribution is -2.21. The lowest BCUT2D eigenvalue weighted by atomic mass is 10.0. The Labute approximate surface area is 128 Å². The molecule has 0 saturated carbocycles. The van der Waals surface area contributed by atoms with Gasteiger partial charge in [0.2, 0.25) is 0 Å². The van der Waals surface area contributed by atoms with Crippen LogP contribution in [0.1, 0.15) is 32.8 Å². The molecule has 2 rings (SSSR count). The molecule has 0 bridgehead atoms. The van der Waals surface area contributed by atoms with Crippen LogP contribution in [0, 0.1) is 0 Å². The number of hydrogen-bond acceptors (Lipinski definition) is 2. The third-order valence-corrected chi connectivity index (χ3v) is 3.30. The molecule has 0 aliphatic carbocycles. The van der Waals surface area contributed by atoms with Crippen LogP contribution < -0.4 is 10.1 Å². The maximum absolute atomic E-state index is 5.62. The predicted molar refractivity (Wildman–Crippen MR) is 89.6 cm³/mol. The predicted octanol–water partition coefficient (Wildman–Crippen LogP) is 4.64. The van der Waals surface area contributed by atoms with E-state index < -0.39 is 0 Å². The third kappa shape index (κ3) is 4.91. The molecule has 0 fully saturated rings. The number of rotatable bonds is 7. The minimum Gasteiger partial charge on any atom is -0.494 e. The second-order valence-electron chi connectivity index (χ2n) is 5.61. The molecule has 1 N–H and O–H groups in total. The van der Waals surface area contributed by atoms with Gasteiger partial charge in [-0.05, 0) is 41.3 Å². The van der Waals surface area contributed by atoms with Crippen molar-refractivity contribution in [1.82, 2.24) is 5.32 Å². The highest BCUT2D eigenvalue weighted by Crippen LogP contribution is 2.23. The van der Waals surface area contributed by atoms with E-state index in [9.17, 15) is 0 Å². The van der Waals surface area contributed by atoms with Crippen LogP contribution in [-0.2, 0) is 6.54 Å². The number of hydrogen-bond donors (Lipinski definition) is 1. The summed E-state index contributed by atoms with van der Waals surface area (Å²) in [4.78, 5) is 0. The molecule has 0 atom stereocenters. The van der Waals surface area contributed by atoms with Crippen LogP contribution >= 0.6 is 0 Å². The summed E-state index contributed by atoms with van der Waals surface area (Å²) in [5.41, 5.74) is 3.79. The lowest BCUT2D eigenvalue weighted by molar-refractivity contribution is 0.317. The Kier molecular flexibility index (Phi) is 5.82. The van der Waals surface area contributed by atoms with Gasteiger partial charge in [0.05, 0.1) is 6.61 Å². The first-order chi connectivity index (χ1) is 10.2. The van der Waals surface area contributed by atoms with Gasteiger partial charge in [-0.2, -0.15) is 0 Å². The van der Waals surface area contributed by atoms with Crippen LogP contribution in [0.5, 0.6) is 5.75 Å². The van der Waals surface area contributed by atoms with Gasteiger partial charge >= 0.3 is 0 Å². The highest BCUT2D eigenvalue weighted by atomic mass is 16.5. The first-order valence-electron chi connectivity index (χ1n) is 7.74. The zero-order chi connectivity index (χ0) is 15.1. The molecule has 0 saturated heterocycles. The van der Waals surface area contributed by atoms with Crippen LogP contribution in [0.2, 0.25) is 0 Å². The Morgan fingerprint density at radius 3 is 2.43 bits per heavy atom. The summed E-state index contributed by atoms with van der Waals surface area (Å²) >= 11 is 0. The second kappa shape index (κ2) is 7.84. The van der Waals surface area contributed by atoms with Crippen LogP contribution in [0.25, 0.3) is 11.1 Å². The van der Waals surface area contributed by atoms with Gasteiger partial charge in [-0.1, -0.05) is 51.1 Å². The summed E-state index contributed by atoms with van der Waals surface area (Å²) in [6, 6.07) is 17.5. The van der Waals surface area contributed by atoms with E-state index in [-0.39, 0.29) is 0 Å². The van der Waals surface area contributed by atoms with Crippen molar-refractivity contribution >= 4 is 0 Å². The van der Waals surface area contributed by atoms with Crippen molar-refractivity contribution in [2.75, 3.05) is 6.61 Å². The van der Waals surface area contributed by atoms with E-state index in [1.807, 2.05) is 12.1 Å². The van der Waals surface area contributed by atoms with Gasteiger partial charge in [-0.25, -0.2) is 0 Å². The molecule has 0 radical (unpaired) electrons. The Balaban J connectivity index is 2.08. The van der Waals surface area contributed by atoms with Gasteiger partial charge in [-0.15, -0.1) is 0 Å². The van der Waals surface area contributed by atoms with E-state index in [0.717, 1.165) is 25.3 Å². The second-order valence-corrected chi connectivity index (χ2v) is 5.61. The van der Waals surface area contributed by atoms with Gasteiger partial charge in [0, 0.05) is 12.6 Å². The summed E-state index contributed by atoms with van der Waals surface area (Å²) < 4.78 is 5.62. The zero-order valence-electron chi connectivity index (χ0n) is 13.2. The van der Waals surface area contributed by atoms with Crippen LogP contribution in [0.15, 0.2) is 48.5 Å². The number of nitrogens with one attached hydrogen (secondary N) is 1. The summed E-state index contributed by atoms with van der Waals surface area (Å²) in [6.07, 6.45) is 1.03. The average Bonchev–Trinajstić information content (AvgIpc) is 2.52. The van der Waals surface area contributed by atoms with Crippen molar-refractivity contribution in [3.63, 3.8) is 0 Å². The number of ether oxygens (including phenoxy) is 1. The summed E-state index contributed by atoms with van der Waals surface area (Å²) in [6.45, 7) is 8.13. The van der Waals surface area contributed by atoms with Gasteiger partial charge in [0.25, 0.3) is 0 Å². The molecule has 0 aliphatic rings. The normalized spacial score (nSPS) is 10.9. The van der Waals surface area contributed by atoms with Crippen molar-refractivity contribution in [3.8, 4) is 16.9 Å². The Hall–Kier alpha value is -1.80. The standard InChI is InChI=1S/C19H25NO/c1-4-12-21-19-10-8-17(9-11-19)18-7-5-6-16(13-18)14-20-15(2)3/h5-11,13,15,20H,4,12,14H2,1-3H3. The Morgan fingerprint density at radius 1 is 1.00 bits per heavy atom. The molecule has 2 heteroatoms. The fraction of sp³-hybridized carbons (Fsp3) is 0.368. The molecular weight excluding hydrogens is 258 g/mol. The molecule has 2 aromatic carbocycles. The fourth-order valence-corrected chi connectivity index (χ4v) is 2.15. The molecule has 0 heterocycles. The van der Waals surface area contributed by atoms with E-state index in [4.69, 9.17) is 4.74 Å². The lowest BCUT2D eigenvalue weighted by Gasteiger charge is -2.10. The van der Waals surface area contributed by atoms with E-state index >= 15 is 0 Å². The molecule has 0 spiro atoms. The van der Waals surface area contributed by atoms with E-state index in [1.165, 1.54) is 16.7 Å². The third-order valence-electron chi connectivity index (χ3n) is 3.30. The summed E-state index contributed by atoms with van der Waals surface area (Å²) in [7, 11) is 0. The fourth-order valence-electron chi connectivity index (χ4n) is 2.15. The minimum atomic E-state index is 0.503. The highest BCUT2D eigenvalue weighted by molar-refractivity contribution is 5.64. The minimum absolute atomic E-state index is 0.503. The summed E-state index contributed by atoms with van der Waals surface area (Å²) in [5, 5.41) is 3.45. The van der Waals surface area contributed by atoms with Crippen molar-refractivity contribution < 1.29 is 4.74 Å². The van der Waals surface area contributed by atoms with Crippen molar-refractivity contribution in [3.05, 3.63) is 54.1 Å². The smallest absolute Gasteiger partial charge is 0.119 e. The van der Waals surface area contributed by atoms with Crippen molar-refractivity contribution in [1.29, 1.82) is 0 Å². The Bertz CT molecular complexity index is 546. The van der Waals surface area contributed by atoms with E-state index in [1.54, 1.807) is 0 Å². The quantitative estimate of drug-likeness (QED) is 0.799. The van der Waals surface area contributed by atoms with Crippen LogP contribution in [-0.4, -0.2) is 12.6 Å². The molecule has 0 aromatic heterocycles. The SMILES string of the molecule is CCCOc1ccc(-c2cccc(CNC(C)C)c2)cc1. The zero-order valence-corrected chi connectivity index (χ0v) is 13.2. The van der Waals surface area contributed by atoms with Gasteiger partial charge in [-0.3, -0.25) is 0 Å². The molecule has 112 valence electrons. The van der Waals surface area contributed by atoms with Crippen molar-refractivity contribution in [2.45, 2.75) is 39.8 Å². The number of benzene rings is 2. The summed E-state index contributed by atoms with van der Waals surface area (Å²) in [5.74, 6) is 0.943. The van der Waals surface area contributed by atoms with Gasteiger partial charge in [0.1, 0.15) is 5.75 Å². The molecule has 0 unspecified atom stereocenters. The van der Waals surface area contributed by atoms with Gasteiger partial charge < -0.3 is 10.1 Å². The maximum atomic E-state index is 5.62. The van der Waals surface area contributed by atoms with E-state index in [0.29, 0.717) is 6.04 Å². The first-order valence-corrected chi connectivity index (χ1v) is 7.74. The Morgan fingerprint density at radius 2 is 1.76 bits per heavy atom. The highest BCUT2D eigenvalue weighted by Gasteiger charge is 2.01.